The Kier molecular flexibility index (Phi) is 7.84. The monoisotopic (exact) mass is 526 g/mol. The summed E-state index contributed by atoms with van der Waals surface area (Å²) in [4.78, 5) is 44.0. The van der Waals surface area contributed by atoms with Gasteiger partial charge in [0.15, 0.2) is 11.6 Å². The molecule has 8 nitrogen and oxygen atoms in total. The zero-order chi connectivity index (χ0) is 27.1. The van der Waals surface area contributed by atoms with Gasteiger partial charge in [0.2, 0.25) is 0 Å². The van der Waals surface area contributed by atoms with Gasteiger partial charge in [-0.25, -0.2) is 4.79 Å². The number of carbonyl (C=O) groups is 3. The van der Waals surface area contributed by atoms with E-state index in [1.165, 1.54) is 24.8 Å². The molecule has 5 aliphatic rings. The van der Waals surface area contributed by atoms with Crippen LogP contribution in [0.2, 0.25) is 0 Å². The lowest BCUT2D eigenvalue weighted by Crippen LogP contribution is -2.51. The lowest BCUT2D eigenvalue weighted by molar-refractivity contribution is -0.119. The van der Waals surface area contributed by atoms with Crippen LogP contribution in [0.3, 0.4) is 0 Å². The van der Waals surface area contributed by atoms with Crippen molar-refractivity contribution in [1.82, 2.24) is 10.2 Å². The minimum absolute atomic E-state index is 0.161. The molecule has 5 rings (SSSR count). The van der Waals surface area contributed by atoms with E-state index in [0.717, 1.165) is 31.4 Å². The SMILES string of the molecule is C/C(=N\OC(=O)N(CCN)CCC1NCCC1=O)[C@H]1CC[C@H]2[C@@H]3CCC4=CC(=O)CC[C@]4(C)[C@H]3CC[C@]12C. The molecule has 1 unspecified atom stereocenters. The van der Waals surface area contributed by atoms with Crippen molar-refractivity contribution in [2.24, 2.45) is 45.4 Å². The number of carbonyl (C=O) groups excluding carboxylic acids is 3. The Labute approximate surface area is 227 Å². The smallest absolute Gasteiger partial charge is 0.329 e. The molecule has 4 aliphatic carbocycles. The van der Waals surface area contributed by atoms with Gasteiger partial charge in [-0.05, 0) is 93.0 Å². The highest BCUT2D eigenvalue weighted by atomic mass is 16.7. The summed E-state index contributed by atoms with van der Waals surface area (Å²) in [5.74, 6) is 2.82. The maximum absolute atomic E-state index is 12.9. The van der Waals surface area contributed by atoms with Crippen molar-refractivity contribution in [3.8, 4) is 0 Å². The Morgan fingerprint density at radius 3 is 2.66 bits per heavy atom. The number of allylic oxidation sites excluding steroid dienone is 1. The normalized spacial score (nSPS) is 38.8. The van der Waals surface area contributed by atoms with Crippen molar-refractivity contribution in [3.63, 3.8) is 0 Å². The predicted molar refractivity (Wildman–Crippen MR) is 146 cm³/mol. The molecule has 3 saturated carbocycles. The van der Waals surface area contributed by atoms with Crippen molar-refractivity contribution in [1.29, 1.82) is 0 Å². The average molecular weight is 527 g/mol. The van der Waals surface area contributed by atoms with Crippen molar-refractivity contribution >= 4 is 23.4 Å². The van der Waals surface area contributed by atoms with E-state index >= 15 is 0 Å². The Balaban J connectivity index is 1.23. The molecule has 3 N–H and O–H groups in total. The molecule has 1 amide bonds. The maximum Gasteiger partial charge on any atom is 0.436 e. The van der Waals surface area contributed by atoms with Crippen LogP contribution >= 0.6 is 0 Å². The van der Waals surface area contributed by atoms with E-state index in [1.807, 2.05) is 13.0 Å². The van der Waals surface area contributed by atoms with Gasteiger partial charge in [-0.15, -0.1) is 0 Å². The van der Waals surface area contributed by atoms with E-state index in [1.54, 1.807) is 4.90 Å². The Bertz CT molecular complexity index is 1020. The third-order valence-electron chi connectivity index (χ3n) is 11.2. The molecule has 0 aromatic rings. The number of Topliss-reactive ketones (excluding diaryl/α,β-unsaturated/α-hetero) is 1. The van der Waals surface area contributed by atoms with Gasteiger partial charge < -0.3 is 16.0 Å². The summed E-state index contributed by atoms with van der Waals surface area (Å²) >= 11 is 0. The number of nitrogens with one attached hydrogen (secondary N) is 1. The fourth-order valence-electron chi connectivity index (χ4n) is 9.13. The molecule has 1 heterocycles. The van der Waals surface area contributed by atoms with E-state index in [0.29, 0.717) is 74.9 Å². The molecule has 4 fully saturated rings. The minimum Gasteiger partial charge on any atom is -0.329 e. The molecule has 38 heavy (non-hydrogen) atoms. The molecule has 1 aliphatic heterocycles. The van der Waals surface area contributed by atoms with Crippen LogP contribution in [-0.4, -0.2) is 60.5 Å². The van der Waals surface area contributed by atoms with Gasteiger partial charge in [0.25, 0.3) is 0 Å². The summed E-state index contributed by atoms with van der Waals surface area (Å²) in [6, 6.07) is -0.193. The number of oxime groups is 1. The van der Waals surface area contributed by atoms with Crippen LogP contribution in [0.5, 0.6) is 0 Å². The van der Waals surface area contributed by atoms with E-state index < -0.39 is 6.09 Å². The summed E-state index contributed by atoms with van der Waals surface area (Å²) in [6.45, 7) is 8.71. The second kappa shape index (κ2) is 10.8. The Morgan fingerprint density at radius 1 is 1.11 bits per heavy atom. The molecule has 7 atom stereocenters. The average Bonchev–Trinajstić information content (AvgIpc) is 3.47. The molecule has 0 radical (unpaired) electrons. The first-order valence-electron chi connectivity index (χ1n) is 14.9. The molecule has 0 spiro atoms. The topological polar surface area (TPSA) is 114 Å². The van der Waals surface area contributed by atoms with Crippen LogP contribution in [0.25, 0.3) is 0 Å². The van der Waals surface area contributed by atoms with Gasteiger partial charge in [0, 0.05) is 44.9 Å². The summed E-state index contributed by atoms with van der Waals surface area (Å²) in [7, 11) is 0. The van der Waals surface area contributed by atoms with Gasteiger partial charge in [-0.2, -0.15) is 0 Å². The Hall–Kier alpha value is -2.06. The van der Waals surface area contributed by atoms with Crippen LogP contribution in [0.15, 0.2) is 16.8 Å². The second-order valence-corrected chi connectivity index (χ2v) is 13.0. The number of nitrogens with zero attached hydrogens (tertiary/aromatic N) is 2. The Morgan fingerprint density at radius 2 is 1.92 bits per heavy atom. The summed E-state index contributed by atoms with van der Waals surface area (Å²) in [5, 5.41) is 7.58. The summed E-state index contributed by atoms with van der Waals surface area (Å²) in [5.41, 5.74) is 8.41. The van der Waals surface area contributed by atoms with Crippen LogP contribution in [0.1, 0.15) is 85.0 Å². The number of rotatable bonds is 7. The first-order valence-corrected chi connectivity index (χ1v) is 14.9. The lowest BCUT2D eigenvalue weighted by Gasteiger charge is -2.58. The first kappa shape index (κ1) is 27.5. The third-order valence-corrected chi connectivity index (χ3v) is 11.2. The fraction of sp³-hybridized carbons (Fsp3) is 0.800. The molecular formula is C30H46N4O4. The van der Waals surface area contributed by atoms with Crippen LogP contribution in [0.4, 0.5) is 4.79 Å². The number of hydrogen-bond donors (Lipinski definition) is 2. The standard InChI is InChI=1S/C30H46N4O4/c1-19(33-38-28(37)34(17-14-31)16-11-26-27(36)10-15-32-26)23-6-7-24-22-5-4-20-18-21(35)8-12-29(20,2)25(22)9-13-30(23,24)3/h18,22-26,32H,4-17,31H2,1-3H3/b33-19+/t22-,23+,24-,25-,26?,29-,30+/m0/s1. The van der Waals surface area contributed by atoms with Gasteiger partial charge in [0.05, 0.1) is 11.8 Å². The number of fused-ring (bicyclic) bond motifs is 5. The minimum atomic E-state index is -0.491. The van der Waals surface area contributed by atoms with Crippen molar-refractivity contribution in [3.05, 3.63) is 11.6 Å². The van der Waals surface area contributed by atoms with Crippen molar-refractivity contribution in [2.75, 3.05) is 26.2 Å². The highest BCUT2D eigenvalue weighted by Crippen LogP contribution is 2.66. The van der Waals surface area contributed by atoms with Gasteiger partial charge in [-0.1, -0.05) is 24.6 Å². The maximum atomic E-state index is 12.9. The fourth-order valence-corrected chi connectivity index (χ4v) is 9.13. The number of ketones is 2. The van der Waals surface area contributed by atoms with Crippen LogP contribution < -0.4 is 11.1 Å². The molecule has 210 valence electrons. The lowest BCUT2D eigenvalue weighted by atomic mass is 9.46. The van der Waals surface area contributed by atoms with E-state index in [4.69, 9.17) is 10.6 Å². The number of amides is 1. The first-order chi connectivity index (χ1) is 18.2. The van der Waals surface area contributed by atoms with Gasteiger partial charge in [-0.3, -0.25) is 14.4 Å². The highest BCUT2D eigenvalue weighted by molar-refractivity contribution is 5.91. The summed E-state index contributed by atoms with van der Waals surface area (Å²) < 4.78 is 0. The molecule has 0 aromatic carbocycles. The number of hydrogen-bond acceptors (Lipinski definition) is 7. The van der Waals surface area contributed by atoms with E-state index in [-0.39, 0.29) is 22.7 Å². The molecule has 1 saturated heterocycles. The zero-order valence-corrected chi connectivity index (χ0v) is 23.5. The number of nitrogens with two attached hydrogens (primary N) is 1. The van der Waals surface area contributed by atoms with E-state index in [9.17, 15) is 14.4 Å². The zero-order valence-electron chi connectivity index (χ0n) is 23.5. The molecule has 0 bridgehead atoms. The molecular weight excluding hydrogens is 480 g/mol. The quantitative estimate of drug-likeness (QED) is 0.292. The third kappa shape index (κ3) is 4.87. The largest absolute Gasteiger partial charge is 0.436 e. The molecule has 8 heteroatoms. The second-order valence-electron chi connectivity index (χ2n) is 13.0. The predicted octanol–water partition coefficient (Wildman–Crippen LogP) is 4.23. The highest BCUT2D eigenvalue weighted by Gasteiger charge is 2.59. The van der Waals surface area contributed by atoms with Crippen molar-refractivity contribution in [2.45, 2.75) is 91.0 Å². The molecule has 0 aromatic heterocycles. The van der Waals surface area contributed by atoms with Crippen molar-refractivity contribution < 1.29 is 19.2 Å². The van der Waals surface area contributed by atoms with Crippen LogP contribution in [-0.2, 0) is 14.4 Å². The summed E-state index contributed by atoms with van der Waals surface area (Å²) in [6.07, 6.45) is 11.2. The van der Waals surface area contributed by atoms with Crippen LogP contribution in [0, 0.1) is 34.5 Å². The van der Waals surface area contributed by atoms with Gasteiger partial charge >= 0.3 is 6.09 Å². The van der Waals surface area contributed by atoms with Gasteiger partial charge in [0.1, 0.15) is 0 Å². The van der Waals surface area contributed by atoms with E-state index in [2.05, 4.69) is 24.3 Å².